The standard InChI is InChI=1S/C15H20N4O/c16-9-15(20)10-19(13-5-1-11(17)2-6-13)14-7-3-12(18)4-8-14/h1-8,15,20H,9-10,16-18H2. The normalized spacial score (nSPS) is 12.1. The van der Waals surface area contributed by atoms with E-state index < -0.39 is 6.10 Å². The number of hydrogen-bond donors (Lipinski definition) is 4. The SMILES string of the molecule is NCC(O)CN(c1ccc(N)cc1)c1ccc(N)cc1. The number of anilines is 4. The molecule has 1 unspecified atom stereocenters. The minimum absolute atomic E-state index is 0.209. The van der Waals surface area contributed by atoms with Gasteiger partial charge in [-0.05, 0) is 48.5 Å². The van der Waals surface area contributed by atoms with E-state index >= 15 is 0 Å². The van der Waals surface area contributed by atoms with Crippen molar-refractivity contribution in [3.8, 4) is 0 Å². The zero-order valence-electron chi connectivity index (χ0n) is 11.2. The molecule has 0 aliphatic rings. The third-order valence-corrected chi connectivity index (χ3v) is 3.07. The fourth-order valence-corrected chi connectivity index (χ4v) is 1.95. The zero-order chi connectivity index (χ0) is 14.5. The molecule has 7 N–H and O–H groups in total. The highest BCUT2D eigenvalue weighted by Crippen LogP contribution is 2.27. The van der Waals surface area contributed by atoms with Gasteiger partial charge in [-0.1, -0.05) is 0 Å². The molecule has 5 nitrogen and oxygen atoms in total. The summed E-state index contributed by atoms with van der Waals surface area (Å²) in [6, 6.07) is 15.0. The molecule has 0 bridgehead atoms. The summed E-state index contributed by atoms with van der Waals surface area (Å²) >= 11 is 0. The summed E-state index contributed by atoms with van der Waals surface area (Å²) < 4.78 is 0. The molecule has 0 amide bonds. The van der Waals surface area contributed by atoms with Gasteiger partial charge in [0.05, 0.1) is 12.6 Å². The molecule has 2 rings (SSSR count). The summed E-state index contributed by atoms with van der Waals surface area (Å²) in [5, 5.41) is 9.84. The molecule has 0 saturated carbocycles. The average Bonchev–Trinajstić information content (AvgIpc) is 2.46. The second-order valence-corrected chi connectivity index (χ2v) is 4.68. The van der Waals surface area contributed by atoms with E-state index in [1.807, 2.05) is 53.4 Å². The average molecular weight is 272 g/mol. The van der Waals surface area contributed by atoms with Crippen LogP contribution in [0.15, 0.2) is 48.5 Å². The van der Waals surface area contributed by atoms with Gasteiger partial charge in [0, 0.05) is 29.3 Å². The van der Waals surface area contributed by atoms with Crippen LogP contribution in [0.2, 0.25) is 0 Å². The maximum absolute atomic E-state index is 9.84. The lowest BCUT2D eigenvalue weighted by molar-refractivity contribution is 0.191. The Bertz CT molecular complexity index is 493. The predicted molar refractivity (Wildman–Crippen MR) is 83.8 cm³/mol. The Labute approximate surface area is 118 Å². The van der Waals surface area contributed by atoms with Gasteiger partial charge >= 0.3 is 0 Å². The van der Waals surface area contributed by atoms with Gasteiger partial charge in [0.25, 0.3) is 0 Å². The lowest BCUT2D eigenvalue weighted by Crippen LogP contribution is -2.33. The Morgan fingerprint density at radius 2 is 1.25 bits per heavy atom. The van der Waals surface area contributed by atoms with Gasteiger partial charge in [-0.3, -0.25) is 0 Å². The smallest absolute Gasteiger partial charge is 0.0841 e. The van der Waals surface area contributed by atoms with Crippen LogP contribution in [0.3, 0.4) is 0 Å². The van der Waals surface area contributed by atoms with E-state index in [2.05, 4.69) is 0 Å². The van der Waals surface area contributed by atoms with Gasteiger partial charge in [-0.15, -0.1) is 0 Å². The third-order valence-electron chi connectivity index (χ3n) is 3.07. The molecule has 0 spiro atoms. The molecule has 0 fully saturated rings. The van der Waals surface area contributed by atoms with Crippen LogP contribution in [0, 0.1) is 0 Å². The topological polar surface area (TPSA) is 102 Å². The van der Waals surface area contributed by atoms with Crippen LogP contribution in [-0.2, 0) is 0 Å². The van der Waals surface area contributed by atoms with Crippen molar-refractivity contribution in [3.05, 3.63) is 48.5 Å². The van der Waals surface area contributed by atoms with Gasteiger partial charge in [0.15, 0.2) is 0 Å². The first-order valence-electron chi connectivity index (χ1n) is 6.47. The van der Waals surface area contributed by atoms with Crippen molar-refractivity contribution < 1.29 is 5.11 Å². The van der Waals surface area contributed by atoms with Crippen LogP contribution in [0.25, 0.3) is 0 Å². The number of aliphatic hydroxyl groups is 1. The Kier molecular flexibility index (Phi) is 4.45. The van der Waals surface area contributed by atoms with E-state index in [0.29, 0.717) is 17.9 Å². The number of rotatable bonds is 5. The summed E-state index contributed by atoms with van der Waals surface area (Å²) in [6.07, 6.45) is -0.606. The molecular weight excluding hydrogens is 252 g/mol. The van der Waals surface area contributed by atoms with Crippen LogP contribution in [0.4, 0.5) is 22.7 Å². The van der Waals surface area contributed by atoms with E-state index in [4.69, 9.17) is 17.2 Å². The maximum atomic E-state index is 9.84. The highest BCUT2D eigenvalue weighted by atomic mass is 16.3. The molecule has 2 aromatic rings. The lowest BCUT2D eigenvalue weighted by Gasteiger charge is -2.27. The van der Waals surface area contributed by atoms with Crippen LogP contribution in [-0.4, -0.2) is 24.3 Å². The van der Waals surface area contributed by atoms with Crippen molar-refractivity contribution in [1.82, 2.24) is 0 Å². The van der Waals surface area contributed by atoms with Crippen LogP contribution < -0.4 is 22.1 Å². The maximum Gasteiger partial charge on any atom is 0.0841 e. The largest absolute Gasteiger partial charge is 0.399 e. The zero-order valence-corrected chi connectivity index (χ0v) is 11.2. The van der Waals surface area contributed by atoms with Crippen LogP contribution in [0.5, 0.6) is 0 Å². The first-order valence-corrected chi connectivity index (χ1v) is 6.47. The Hall–Kier alpha value is -2.24. The molecule has 0 heterocycles. The van der Waals surface area contributed by atoms with E-state index in [0.717, 1.165) is 11.4 Å². The molecule has 106 valence electrons. The van der Waals surface area contributed by atoms with Gasteiger partial charge in [-0.25, -0.2) is 0 Å². The molecule has 0 aliphatic carbocycles. The summed E-state index contributed by atoms with van der Waals surface area (Å²) in [5.41, 5.74) is 20.2. The molecule has 0 saturated heterocycles. The van der Waals surface area contributed by atoms with Crippen LogP contribution in [0.1, 0.15) is 0 Å². The van der Waals surface area contributed by atoms with Crippen molar-refractivity contribution >= 4 is 22.7 Å². The number of nitrogens with two attached hydrogens (primary N) is 3. The van der Waals surface area contributed by atoms with Gasteiger partial charge < -0.3 is 27.2 Å². The molecular formula is C15H20N4O. The van der Waals surface area contributed by atoms with Gasteiger partial charge in [0.1, 0.15) is 0 Å². The molecule has 2 aromatic carbocycles. The van der Waals surface area contributed by atoms with Crippen LogP contribution >= 0.6 is 0 Å². The number of hydrogen-bond acceptors (Lipinski definition) is 5. The molecule has 0 aliphatic heterocycles. The number of nitrogen functional groups attached to an aromatic ring is 2. The third kappa shape index (κ3) is 3.40. The van der Waals surface area contributed by atoms with Crippen molar-refractivity contribution in [2.24, 2.45) is 5.73 Å². The van der Waals surface area contributed by atoms with E-state index in [1.54, 1.807) is 0 Å². The first-order chi connectivity index (χ1) is 9.60. The highest BCUT2D eigenvalue weighted by molar-refractivity contribution is 5.66. The molecule has 0 aromatic heterocycles. The van der Waals surface area contributed by atoms with E-state index in [9.17, 15) is 5.11 Å². The molecule has 1 atom stereocenters. The minimum Gasteiger partial charge on any atom is -0.399 e. The Morgan fingerprint density at radius 3 is 1.60 bits per heavy atom. The fourth-order valence-electron chi connectivity index (χ4n) is 1.95. The number of nitrogens with zero attached hydrogens (tertiary/aromatic N) is 1. The second kappa shape index (κ2) is 6.27. The molecule has 5 heteroatoms. The van der Waals surface area contributed by atoms with Crippen molar-refractivity contribution in [1.29, 1.82) is 0 Å². The van der Waals surface area contributed by atoms with Crippen molar-refractivity contribution in [3.63, 3.8) is 0 Å². The summed E-state index contributed by atoms with van der Waals surface area (Å²) in [4.78, 5) is 1.98. The van der Waals surface area contributed by atoms with Gasteiger partial charge in [0.2, 0.25) is 0 Å². The van der Waals surface area contributed by atoms with Crippen molar-refractivity contribution in [2.75, 3.05) is 29.5 Å². The minimum atomic E-state index is -0.606. The van der Waals surface area contributed by atoms with E-state index in [-0.39, 0.29) is 6.54 Å². The van der Waals surface area contributed by atoms with Gasteiger partial charge in [-0.2, -0.15) is 0 Å². The fraction of sp³-hybridized carbons (Fsp3) is 0.200. The second-order valence-electron chi connectivity index (χ2n) is 4.68. The first kappa shape index (κ1) is 14.2. The summed E-state index contributed by atoms with van der Waals surface area (Å²) in [7, 11) is 0. The number of aliphatic hydroxyl groups excluding tert-OH is 1. The quantitative estimate of drug-likeness (QED) is 0.615. The summed E-state index contributed by atoms with van der Waals surface area (Å²) in [5.74, 6) is 0. The predicted octanol–water partition coefficient (Wildman–Crippen LogP) is 1.31. The molecule has 20 heavy (non-hydrogen) atoms. The Balaban J connectivity index is 2.33. The number of benzene rings is 2. The van der Waals surface area contributed by atoms with E-state index in [1.165, 1.54) is 0 Å². The molecule has 0 radical (unpaired) electrons. The lowest BCUT2D eigenvalue weighted by atomic mass is 10.2. The Morgan fingerprint density at radius 1 is 0.850 bits per heavy atom. The highest BCUT2D eigenvalue weighted by Gasteiger charge is 2.13. The summed E-state index contributed by atoms with van der Waals surface area (Å²) in [6.45, 7) is 0.616. The monoisotopic (exact) mass is 272 g/mol. The van der Waals surface area contributed by atoms with Crippen molar-refractivity contribution in [2.45, 2.75) is 6.10 Å².